The van der Waals surface area contributed by atoms with E-state index in [1.165, 1.54) is 0 Å². The topological polar surface area (TPSA) is 54.0 Å². The molecule has 0 atom stereocenters. The third-order valence-electron chi connectivity index (χ3n) is 3.45. The Morgan fingerprint density at radius 3 is 2.81 bits per heavy atom. The summed E-state index contributed by atoms with van der Waals surface area (Å²) < 4.78 is 0. The monoisotopic (exact) mass is 301 g/mol. The SMILES string of the molecule is O=C(NCCNCc1nc(-c2ccccc2)cs1)C1CC1. The first-order valence-corrected chi connectivity index (χ1v) is 8.19. The number of hydrogen-bond donors (Lipinski definition) is 2. The van der Waals surface area contributed by atoms with Crippen LogP contribution >= 0.6 is 11.3 Å². The van der Waals surface area contributed by atoms with Crippen LogP contribution in [0.2, 0.25) is 0 Å². The first-order valence-electron chi connectivity index (χ1n) is 7.31. The van der Waals surface area contributed by atoms with E-state index in [9.17, 15) is 4.79 Å². The van der Waals surface area contributed by atoms with Gasteiger partial charge in [-0.3, -0.25) is 4.79 Å². The number of benzene rings is 1. The lowest BCUT2D eigenvalue weighted by Gasteiger charge is -2.04. The number of nitrogens with one attached hydrogen (secondary N) is 2. The summed E-state index contributed by atoms with van der Waals surface area (Å²) in [7, 11) is 0. The van der Waals surface area contributed by atoms with E-state index >= 15 is 0 Å². The van der Waals surface area contributed by atoms with Gasteiger partial charge in [0.05, 0.1) is 5.69 Å². The number of hydrogen-bond acceptors (Lipinski definition) is 4. The fraction of sp³-hybridized carbons (Fsp3) is 0.375. The van der Waals surface area contributed by atoms with Gasteiger partial charge in [-0.25, -0.2) is 4.98 Å². The van der Waals surface area contributed by atoms with Crippen molar-refractivity contribution >= 4 is 17.2 Å². The largest absolute Gasteiger partial charge is 0.355 e. The smallest absolute Gasteiger partial charge is 0.223 e. The highest BCUT2D eigenvalue weighted by atomic mass is 32.1. The fourth-order valence-corrected chi connectivity index (χ4v) is 2.87. The van der Waals surface area contributed by atoms with Crippen LogP contribution in [0, 0.1) is 5.92 Å². The van der Waals surface area contributed by atoms with E-state index in [1.54, 1.807) is 11.3 Å². The Labute approximate surface area is 128 Å². The summed E-state index contributed by atoms with van der Waals surface area (Å²) in [6.07, 6.45) is 2.11. The minimum atomic E-state index is 0.206. The van der Waals surface area contributed by atoms with Crippen molar-refractivity contribution in [2.24, 2.45) is 5.92 Å². The van der Waals surface area contributed by atoms with Crippen LogP contribution in [0.3, 0.4) is 0 Å². The van der Waals surface area contributed by atoms with E-state index in [0.717, 1.165) is 42.2 Å². The predicted octanol–water partition coefficient (Wildman–Crippen LogP) is 2.43. The fourth-order valence-electron chi connectivity index (χ4n) is 2.09. The van der Waals surface area contributed by atoms with Crippen LogP contribution in [0.4, 0.5) is 0 Å². The molecule has 3 rings (SSSR count). The molecule has 1 aliphatic rings. The lowest BCUT2D eigenvalue weighted by molar-refractivity contribution is -0.122. The van der Waals surface area contributed by atoms with Crippen LogP contribution in [-0.2, 0) is 11.3 Å². The van der Waals surface area contributed by atoms with Gasteiger partial charge >= 0.3 is 0 Å². The van der Waals surface area contributed by atoms with Crippen LogP contribution in [0.15, 0.2) is 35.7 Å². The predicted molar refractivity (Wildman–Crippen MR) is 85.0 cm³/mol. The van der Waals surface area contributed by atoms with Crippen molar-refractivity contribution in [1.82, 2.24) is 15.6 Å². The molecule has 1 aromatic carbocycles. The molecule has 110 valence electrons. The van der Waals surface area contributed by atoms with Gasteiger partial charge in [0.25, 0.3) is 0 Å². The van der Waals surface area contributed by atoms with Crippen molar-refractivity contribution in [3.05, 3.63) is 40.7 Å². The Kier molecular flexibility index (Phi) is 4.62. The maximum Gasteiger partial charge on any atom is 0.223 e. The van der Waals surface area contributed by atoms with Gasteiger partial charge in [0.1, 0.15) is 5.01 Å². The Balaban J connectivity index is 1.39. The summed E-state index contributed by atoms with van der Waals surface area (Å²) >= 11 is 1.66. The molecule has 1 fully saturated rings. The molecular formula is C16H19N3OS. The van der Waals surface area contributed by atoms with Gasteiger partial charge in [0, 0.05) is 36.5 Å². The molecular weight excluding hydrogens is 282 g/mol. The van der Waals surface area contributed by atoms with Gasteiger partial charge in [-0.05, 0) is 12.8 Å². The van der Waals surface area contributed by atoms with E-state index in [0.29, 0.717) is 6.54 Å². The van der Waals surface area contributed by atoms with Crippen LogP contribution in [0.1, 0.15) is 17.8 Å². The lowest BCUT2D eigenvalue weighted by atomic mass is 10.2. The molecule has 2 aromatic rings. The van der Waals surface area contributed by atoms with Gasteiger partial charge in [-0.1, -0.05) is 30.3 Å². The summed E-state index contributed by atoms with van der Waals surface area (Å²) in [5.74, 6) is 0.495. The summed E-state index contributed by atoms with van der Waals surface area (Å²) in [5, 5.41) is 9.41. The number of amides is 1. The number of carbonyl (C=O) groups excluding carboxylic acids is 1. The second kappa shape index (κ2) is 6.83. The van der Waals surface area contributed by atoms with Crippen molar-refractivity contribution in [2.75, 3.05) is 13.1 Å². The third kappa shape index (κ3) is 4.12. The molecule has 1 aliphatic carbocycles. The van der Waals surface area contributed by atoms with E-state index in [2.05, 4.69) is 33.1 Å². The van der Waals surface area contributed by atoms with Gasteiger partial charge < -0.3 is 10.6 Å². The summed E-state index contributed by atoms with van der Waals surface area (Å²) in [6.45, 7) is 2.21. The van der Waals surface area contributed by atoms with Crippen molar-refractivity contribution < 1.29 is 4.79 Å². The van der Waals surface area contributed by atoms with Crippen LogP contribution in [0.5, 0.6) is 0 Å². The lowest BCUT2D eigenvalue weighted by Crippen LogP contribution is -2.32. The second-order valence-corrected chi connectivity index (χ2v) is 6.18. The highest BCUT2D eigenvalue weighted by Crippen LogP contribution is 2.28. The van der Waals surface area contributed by atoms with E-state index in [4.69, 9.17) is 0 Å². The average molecular weight is 301 g/mol. The Morgan fingerprint density at radius 1 is 1.24 bits per heavy atom. The highest BCUT2D eigenvalue weighted by molar-refractivity contribution is 7.09. The van der Waals surface area contributed by atoms with Gasteiger partial charge in [0.15, 0.2) is 0 Å². The standard InChI is InChI=1S/C16H19N3OS/c20-16(13-6-7-13)18-9-8-17-10-15-19-14(11-21-15)12-4-2-1-3-5-12/h1-5,11,13,17H,6-10H2,(H,18,20). The van der Waals surface area contributed by atoms with E-state index in [1.807, 2.05) is 18.2 Å². The molecule has 0 bridgehead atoms. The molecule has 4 nitrogen and oxygen atoms in total. The van der Waals surface area contributed by atoms with Gasteiger partial charge in [-0.15, -0.1) is 11.3 Å². The molecule has 1 saturated carbocycles. The van der Waals surface area contributed by atoms with E-state index in [-0.39, 0.29) is 11.8 Å². The van der Waals surface area contributed by atoms with Gasteiger partial charge in [0.2, 0.25) is 5.91 Å². The third-order valence-corrected chi connectivity index (χ3v) is 4.30. The molecule has 1 amide bonds. The molecule has 0 radical (unpaired) electrons. The molecule has 0 saturated heterocycles. The highest BCUT2D eigenvalue weighted by Gasteiger charge is 2.28. The van der Waals surface area contributed by atoms with Crippen molar-refractivity contribution in [1.29, 1.82) is 0 Å². The Morgan fingerprint density at radius 2 is 2.05 bits per heavy atom. The zero-order valence-electron chi connectivity index (χ0n) is 11.8. The molecule has 1 heterocycles. The van der Waals surface area contributed by atoms with Gasteiger partial charge in [-0.2, -0.15) is 0 Å². The van der Waals surface area contributed by atoms with Crippen molar-refractivity contribution in [2.45, 2.75) is 19.4 Å². The molecule has 5 heteroatoms. The first kappa shape index (κ1) is 14.2. The molecule has 0 unspecified atom stereocenters. The van der Waals surface area contributed by atoms with Crippen molar-refractivity contribution in [3.8, 4) is 11.3 Å². The Hall–Kier alpha value is -1.72. The van der Waals surface area contributed by atoms with E-state index < -0.39 is 0 Å². The molecule has 1 aromatic heterocycles. The number of rotatable bonds is 7. The van der Waals surface area contributed by atoms with Crippen LogP contribution in [-0.4, -0.2) is 24.0 Å². The maximum absolute atomic E-state index is 11.4. The molecule has 0 spiro atoms. The summed E-state index contributed by atoms with van der Waals surface area (Å²) in [6, 6.07) is 10.2. The minimum Gasteiger partial charge on any atom is -0.355 e. The normalized spacial score (nSPS) is 14.1. The zero-order chi connectivity index (χ0) is 14.5. The number of carbonyl (C=O) groups is 1. The first-order chi connectivity index (χ1) is 10.3. The number of thiazole rings is 1. The zero-order valence-corrected chi connectivity index (χ0v) is 12.7. The molecule has 21 heavy (non-hydrogen) atoms. The molecule has 0 aliphatic heterocycles. The minimum absolute atomic E-state index is 0.206. The number of aromatic nitrogens is 1. The Bertz CT molecular complexity index is 593. The van der Waals surface area contributed by atoms with Crippen LogP contribution < -0.4 is 10.6 Å². The average Bonchev–Trinajstić information content (AvgIpc) is 3.27. The summed E-state index contributed by atoms with van der Waals surface area (Å²) in [5.41, 5.74) is 2.18. The maximum atomic E-state index is 11.4. The quantitative estimate of drug-likeness (QED) is 0.772. The van der Waals surface area contributed by atoms with Crippen molar-refractivity contribution in [3.63, 3.8) is 0 Å². The molecule has 2 N–H and O–H groups in total. The van der Waals surface area contributed by atoms with Crippen LogP contribution in [0.25, 0.3) is 11.3 Å². The second-order valence-electron chi connectivity index (χ2n) is 5.23. The summed E-state index contributed by atoms with van der Waals surface area (Å²) in [4.78, 5) is 16.1. The number of nitrogens with zero attached hydrogens (tertiary/aromatic N) is 1.